The van der Waals surface area contributed by atoms with Gasteiger partial charge in [-0.05, 0) is 62.9 Å². The highest BCUT2D eigenvalue weighted by Crippen LogP contribution is 2.30. The average Bonchev–Trinajstić information content (AvgIpc) is 2.90. The van der Waals surface area contributed by atoms with Crippen LogP contribution in [0, 0.1) is 5.92 Å². The summed E-state index contributed by atoms with van der Waals surface area (Å²) in [7, 11) is 0. The topological polar surface area (TPSA) is 99.1 Å². The quantitative estimate of drug-likeness (QED) is 0.406. The van der Waals surface area contributed by atoms with Gasteiger partial charge in [0, 0.05) is 36.8 Å². The highest BCUT2D eigenvalue weighted by atomic mass is 16.5. The molecule has 3 N–H and O–H groups in total. The van der Waals surface area contributed by atoms with Crippen LogP contribution in [0.5, 0.6) is 11.5 Å². The number of carbonyl (C=O) groups is 2. The van der Waals surface area contributed by atoms with Crippen LogP contribution in [0.3, 0.4) is 0 Å². The van der Waals surface area contributed by atoms with Crippen molar-refractivity contribution in [3.8, 4) is 11.5 Å². The van der Waals surface area contributed by atoms with Gasteiger partial charge in [-0.25, -0.2) is 9.59 Å². The Morgan fingerprint density at radius 2 is 1.47 bits per heavy atom. The molecule has 1 heterocycles. The summed E-state index contributed by atoms with van der Waals surface area (Å²) in [6, 6.07) is 19.4. The standard InChI is InChI=1S/C25H34N2O.C4H4O4/c1-3-9-21(10-4-1)19-27(23-15-17-26-18-16-23)20-22-11-7-8-14-25(22)28-24-12-5-2-6-13-24;5-3(6)1-2-4(7)8/h2,5-8,11-14,21,23,26H,1,3-4,9-10,15-20H2;1-2H,(H,5,6)(H,7,8)/b;2-1+. The zero-order valence-corrected chi connectivity index (χ0v) is 20.9. The van der Waals surface area contributed by atoms with Crippen molar-refractivity contribution in [1.29, 1.82) is 0 Å². The number of carboxylic acid groups (broad SMARTS) is 2. The molecule has 1 aliphatic carbocycles. The molecule has 1 saturated carbocycles. The zero-order chi connectivity index (χ0) is 25.6. The van der Waals surface area contributed by atoms with Gasteiger partial charge in [0.15, 0.2) is 0 Å². The molecule has 2 aliphatic rings. The first-order chi connectivity index (χ1) is 17.5. The molecule has 2 aromatic rings. The number of nitrogens with zero attached hydrogens (tertiary/aromatic N) is 1. The predicted molar refractivity (Wildman–Crippen MR) is 140 cm³/mol. The van der Waals surface area contributed by atoms with E-state index in [2.05, 4.69) is 34.5 Å². The number of piperidine rings is 1. The van der Waals surface area contributed by atoms with Crippen LogP contribution in [0.15, 0.2) is 66.7 Å². The minimum Gasteiger partial charge on any atom is -0.478 e. The highest BCUT2D eigenvalue weighted by Gasteiger charge is 2.25. The Labute approximate surface area is 213 Å². The first-order valence-electron chi connectivity index (χ1n) is 12.9. The fraction of sp³-hybridized carbons (Fsp3) is 0.448. The van der Waals surface area contributed by atoms with E-state index in [0.717, 1.165) is 37.1 Å². The Morgan fingerprint density at radius 1 is 0.861 bits per heavy atom. The van der Waals surface area contributed by atoms with E-state index < -0.39 is 11.9 Å². The summed E-state index contributed by atoms with van der Waals surface area (Å²) >= 11 is 0. The lowest BCUT2D eigenvalue weighted by atomic mass is 9.88. The molecule has 0 amide bonds. The molecule has 0 bridgehead atoms. The molecule has 1 saturated heterocycles. The third kappa shape index (κ3) is 9.84. The van der Waals surface area contributed by atoms with Crippen molar-refractivity contribution >= 4 is 11.9 Å². The van der Waals surface area contributed by atoms with Gasteiger partial charge in [-0.15, -0.1) is 0 Å². The number of ether oxygens (including phenoxy) is 1. The molecule has 1 aliphatic heterocycles. The lowest BCUT2D eigenvalue weighted by molar-refractivity contribution is -0.134. The molecule has 4 rings (SSSR count). The number of aliphatic carboxylic acids is 2. The molecular weight excluding hydrogens is 456 g/mol. The van der Waals surface area contributed by atoms with E-state index in [0.29, 0.717) is 18.2 Å². The van der Waals surface area contributed by atoms with Crippen LogP contribution in [0.1, 0.15) is 50.5 Å². The SMILES string of the molecule is O=C(O)/C=C/C(=O)O.c1ccc(Oc2ccccc2CN(CC2CCCCC2)C2CCNCC2)cc1. The molecule has 0 spiro atoms. The maximum Gasteiger partial charge on any atom is 0.328 e. The van der Waals surface area contributed by atoms with Crippen LogP contribution < -0.4 is 10.1 Å². The number of para-hydroxylation sites is 2. The zero-order valence-electron chi connectivity index (χ0n) is 20.9. The van der Waals surface area contributed by atoms with Crippen LogP contribution in [0.25, 0.3) is 0 Å². The summed E-state index contributed by atoms with van der Waals surface area (Å²) in [5.41, 5.74) is 1.31. The summed E-state index contributed by atoms with van der Waals surface area (Å²) in [6.45, 7) is 4.52. The van der Waals surface area contributed by atoms with Crippen molar-refractivity contribution < 1.29 is 24.5 Å². The smallest absolute Gasteiger partial charge is 0.328 e. The highest BCUT2D eigenvalue weighted by molar-refractivity contribution is 5.89. The van der Waals surface area contributed by atoms with E-state index in [1.54, 1.807) is 0 Å². The maximum atomic E-state index is 9.55. The van der Waals surface area contributed by atoms with Gasteiger partial charge in [0.1, 0.15) is 11.5 Å². The van der Waals surface area contributed by atoms with Crippen molar-refractivity contribution in [3.05, 3.63) is 72.3 Å². The molecule has 0 radical (unpaired) electrons. The number of hydrogen-bond donors (Lipinski definition) is 3. The van der Waals surface area contributed by atoms with Crippen LogP contribution in [-0.4, -0.2) is 52.7 Å². The second kappa shape index (κ2) is 15.1. The Hall–Kier alpha value is -3.16. The second-order valence-electron chi connectivity index (χ2n) is 9.45. The third-order valence-electron chi connectivity index (χ3n) is 6.73. The van der Waals surface area contributed by atoms with E-state index in [1.165, 1.54) is 57.1 Å². The number of rotatable bonds is 9. The Kier molecular flexibility index (Phi) is 11.5. The molecule has 2 aromatic carbocycles. The molecule has 7 nitrogen and oxygen atoms in total. The van der Waals surface area contributed by atoms with Gasteiger partial charge >= 0.3 is 11.9 Å². The minimum atomic E-state index is -1.26. The fourth-order valence-electron chi connectivity index (χ4n) is 4.93. The Bertz CT molecular complexity index is 951. The summed E-state index contributed by atoms with van der Waals surface area (Å²) < 4.78 is 6.25. The summed E-state index contributed by atoms with van der Waals surface area (Å²) in [6.07, 6.45) is 10.7. The van der Waals surface area contributed by atoms with Crippen LogP contribution in [-0.2, 0) is 16.1 Å². The summed E-state index contributed by atoms with van der Waals surface area (Å²) in [5, 5.41) is 19.2. The van der Waals surface area contributed by atoms with E-state index in [9.17, 15) is 9.59 Å². The van der Waals surface area contributed by atoms with Crippen molar-refractivity contribution in [2.75, 3.05) is 19.6 Å². The number of benzene rings is 2. The number of hydrogen-bond acceptors (Lipinski definition) is 5. The molecule has 0 atom stereocenters. The Morgan fingerprint density at radius 3 is 2.11 bits per heavy atom. The maximum absolute atomic E-state index is 9.55. The normalized spacial score (nSPS) is 16.9. The third-order valence-corrected chi connectivity index (χ3v) is 6.73. The summed E-state index contributed by atoms with van der Waals surface area (Å²) in [5.74, 6) is 0.262. The average molecular weight is 495 g/mol. The van der Waals surface area contributed by atoms with Gasteiger partial charge in [-0.1, -0.05) is 55.7 Å². The van der Waals surface area contributed by atoms with Gasteiger partial charge in [0.25, 0.3) is 0 Å². The summed E-state index contributed by atoms with van der Waals surface area (Å²) in [4.78, 5) is 21.9. The van der Waals surface area contributed by atoms with Gasteiger partial charge in [0.05, 0.1) is 0 Å². The van der Waals surface area contributed by atoms with E-state index in [-0.39, 0.29) is 0 Å². The van der Waals surface area contributed by atoms with Gasteiger partial charge < -0.3 is 20.3 Å². The van der Waals surface area contributed by atoms with Crippen molar-refractivity contribution in [2.45, 2.75) is 57.5 Å². The minimum absolute atomic E-state index is 0.558. The Balaban J connectivity index is 0.000000392. The van der Waals surface area contributed by atoms with Gasteiger partial charge in [-0.3, -0.25) is 4.90 Å². The van der Waals surface area contributed by atoms with E-state index in [1.807, 2.05) is 30.3 Å². The fourth-order valence-corrected chi connectivity index (χ4v) is 4.93. The molecule has 2 fully saturated rings. The largest absolute Gasteiger partial charge is 0.478 e. The molecule has 36 heavy (non-hydrogen) atoms. The number of carboxylic acids is 2. The molecule has 0 unspecified atom stereocenters. The first-order valence-corrected chi connectivity index (χ1v) is 12.9. The monoisotopic (exact) mass is 494 g/mol. The second-order valence-corrected chi connectivity index (χ2v) is 9.45. The molecule has 7 heteroatoms. The van der Waals surface area contributed by atoms with Crippen LogP contribution in [0.4, 0.5) is 0 Å². The van der Waals surface area contributed by atoms with E-state index in [4.69, 9.17) is 14.9 Å². The van der Waals surface area contributed by atoms with E-state index >= 15 is 0 Å². The lowest BCUT2D eigenvalue weighted by Gasteiger charge is -2.38. The van der Waals surface area contributed by atoms with Crippen LogP contribution in [0.2, 0.25) is 0 Å². The van der Waals surface area contributed by atoms with Crippen molar-refractivity contribution in [3.63, 3.8) is 0 Å². The molecular formula is C29H38N2O5. The van der Waals surface area contributed by atoms with Gasteiger partial charge in [0.2, 0.25) is 0 Å². The molecule has 0 aromatic heterocycles. The predicted octanol–water partition coefficient (Wildman–Crippen LogP) is 5.33. The van der Waals surface area contributed by atoms with Crippen molar-refractivity contribution in [2.24, 2.45) is 5.92 Å². The van der Waals surface area contributed by atoms with Crippen LogP contribution >= 0.6 is 0 Å². The lowest BCUT2D eigenvalue weighted by Crippen LogP contribution is -2.44. The van der Waals surface area contributed by atoms with Crippen molar-refractivity contribution in [1.82, 2.24) is 10.2 Å². The molecule has 194 valence electrons. The number of nitrogens with one attached hydrogen (secondary N) is 1. The van der Waals surface area contributed by atoms with Gasteiger partial charge in [-0.2, -0.15) is 0 Å². The first kappa shape index (κ1) is 27.4.